The van der Waals surface area contributed by atoms with Crippen LogP contribution in [0.1, 0.15) is 16.7 Å². The molecule has 0 aliphatic carbocycles. The quantitative estimate of drug-likeness (QED) is 0.716. The maximum Gasteiger partial charge on any atom is 0.250 e. The van der Waals surface area contributed by atoms with Crippen LogP contribution in [-0.4, -0.2) is 15.9 Å². The number of aromatic nitrogens is 2. The van der Waals surface area contributed by atoms with Crippen LogP contribution in [0.5, 0.6) is 0 Å². The van der Waals surface area contributed by atoms with Gasteiger partial charge < -0.3 is 0 Å². The second-order valence-electron chi connectivity index (χ2n) is 5.44. The number of thiazole rings is 1. The Morgan fingerprint density at radius 1 is 1.12 bits per heavy atom. The normalized spacial score (nSPS) is 10.9. The minimum Gasteiger partial charge on any atom is -0.298 e. The van der Waals surface area contributed by atoms with Crippen molar-refractivity contribution >= 4 is 28.5 Å². The fraction of sp³-hybridized carbons (Fsp3) is 0.105. The van der Waals surface area contributed by atoms with Crippen LogP contribution in [0.15, 0.2) is 54.2 Å². The third kappa shape index (κ3) is 3.94. The zero-order chi connectivity index (χ0) is 16.9. The van der Waals surface area contributed by atoms with E-state index in [1.807, 2.05) is 23.6 Å². The predicted octanol–water partition coefficient (Wildman–Crippen LogP) is 4.47. The molecule has 0 fully saturated rings. The van der Waals surface area contributed by atoms with Crippen LogP contribution in [0.4, 0.5) is 5.13 Å². The Labute approximate surface area is 144 Å². The molecule has 1 N–H and O–H groups in total. The van der Waals surface area contributed by atoms with Crippen molar-refractivity contribution in [2.75, 3.05) is 5.32 Å². The summed E-state index contributed by atoms with van der Waals surface area (Å²) in [7, 11) is 0. The molecule has 2 aromatic heterocycles. The van der Waals surface area contributed by atoms with Gasteiger partial charge in [-0.1, -0.05) is 12.1 Å². The summed E-state index contributed by atoms with van der Waals surface area (Å²) in [5, 5.41) is 5.34. The zero-order valence-electron chi connectivity index (χ0n) is 13.5. The molecule has 1 aromatic carbocycles. The molecule has 2 heterocycles. The second-order valence-corrected chi connectivity index (χ2v) is 6.30. The number of carbonyl (C=O) groups excluding carboxylic acids is 1. The van der Waals surface area contributed by atoms with Crippen molar-refractivity contribution < 1.29 is 4.79 Å². The molecule has 0 spiro atoms. The number of hydrogen-bond acceptors (Lipinski definition) is 4. The van der Waals surface area contributed by atoms with E-state index in [1.54, 1.807) is 18.5 Å². The largest absolute Gasteiger partial charge is 0.298 e. The van der Waals surface area contributed by atoms with Crippen molar-refractivity contribution in [3.63, 3.8) is 0 Å². The highest BCUT2D eigenvalue weighted by Crippen LogP contribution is 2.26. The summed E-state index contributed by atoms with van der Waals surface area (Å²) in [5.74, 6) is -0.201. The molecule has 4 nitrogen and oxygen atoms in total. The lowest BCUT2D eigenvalue weighted by Gasteiger charge is -2.02. The Balaban J connectivity index is 1.68. The van der Waals surface area contributed by atoms with E-state index < -0.39 is 0 Å². The number of benzene rings is 1. The monoisotopic (exact) mass is 335 g/mol. The number of hydrogen-bond donors (Lipinski definition) is 1. The van der Waals surface area contributed by atoms with E-state index in [1.165, 1.54) is 28.5 Å². The van der Waals surface area contributed by atoms with Crippen molar-refractivity contribution in [2.24, 2.45) is 0 Å². The molecule has 3 rings (SSSR count). The average molecular weight is 335 g/mol. The third-order valence-electron chi connectivity index (χ3n) is 3.67. The maximum absolute atomic E-state index is 12.0. The third-order valence-corrected chi connectivity index (χ3v) is 4.43. The molecule has 0 saturated heterocycles. The molecule has 0 bridgehead atoms. The van der Waals surface area contributed by atoms with Gasteiger partial charge in [0, 0.05) is 29.4 Å². The Morgan fingerprint density at radius 2 is 1.92 bits per heavy atom. The Hall–Kier alpha value is -2.79. The molecule has 120 valence electrons. The molecular weight excluding hydrogens is 318 g/mol. The summed E-state index contributed by atoms with van der Waals surface area (Å²) in [5.41, 5.74) is 5.34. The number of nitrogens with one attached hydrogen (secondary N) is 1. The van der Waals surface area contributed by atoms with Gasteiger partial charge in [-0.25, -0.2) is 4.98 Å². The number of nitrogens with zero attached hydrogens (tertiary/aromatic N) is 2. The first-order chi connectivity index (χ1) is 11.6. The average Bonchev–Trinajstić information content (AvgIpc) is 3.05. The lowest BCUT2D eigenvalue weighted by Crippen LogP contribution is -2.07. The summed E-state index contributed by atoms with van der Waals surface area (Å²) in [6.45, 7) is 4.17. The van der Waals surface area contributed by atoms with Crippen molar-refractivity contribution in [3.8, 4) is 11.3 Å². The number of amides is 1. The molecule has 1 amide bonds. The number of pyridine rings is 1. The van der Waals surface area contributed by atoms with E-state index in [9.17, 15) is 4.79 Å². The summed E-state index contributed by atoms with van der Waals surface area (Å²) in [4.78, 5) is 20.4. The van der Waals surface area contributed by atoms with Crippen molar-refractivity contribution in [2.45, 2.75) is 13.8 Å². The Kier molecular flexibility index (Phi) is 4.82. The van der Waals surface area contributed by atoms with E-state index in [0.717, 1.165) is 16.8 Å². The fourth-order valence-electron chi connectivity index (χ4n) is 2.16. The first-order valence-corrected chi connectivity index (χ1v) is 8.42. The number of rotatable bonds is 4. The van der Waals surface area contributed by atoms with Crippen LogP contribution >= 0.6 is 11.3 Å². The standard InChI is InChI=1S/C19H17N3OS/c1-13-3-5-16(11-14(13)2)17-12-24-19(21-17)22-18(23)6-4-15-7-9-20-10-8-15/h3-12H,1-2H3,(H,21,22,23)/b6-4+. The maximum atomic E-state index is 12.0. The molecule has 24 heavy (non-hydrogen) atoms. The van der Waals surface area contributed by atoms with Gasteiger partial charge in [0.2, 0.25) is 5.91 Å². The van der Waals surface area contributed by atoms with Gasteiger partial charge in [-0.15, -0.1) is 11.3 Å². The van der Waals surface area contributed by atoms with Gasteiger partial charge in [-0.2, -0.15) is 0 Å². The van der Waals surface area contributed by atoms with Crippen molar-refractivity contribution in [1.82, 2.24) is 9.97 Å². The SMILES string of the molecule is Cc1ccc(-c2csc(NC(=O)/C=C/c3ccncc3)n2)cc1C. The highest BCUT2D eigenvalue weighted by molar-refractivity contribution is 7.14. The van der Waals surface area contributed by atoms with Crippen LogP contribution < -0.4 is 5.32 Å². The highest BCUT2D eigenvalue weighted by Gasteiger charge is 2.07. The summed E-state index contributed by atoms with van der Waals surface area (Å²) in [6.07, 6.45) is 6.61. The van der Waals surface area contributed by atoms with E-state index in [4.69, 9.17) is 0 Å². The van der Waals surface area contributed by atoms with Gasteiger partial charge in [0.25, 0.3) is 0 Å². The van der Waals surface area contributed by atoms with Gasteiger partial charge in [0.1, 0.15) is 0 Å². The fourth-order valence-corrected chi connectivity index (χ4v) is 2.88. The van der Waals surface area contributed by atoms with E-state index in [2.05, 4.69) is 41.3 Å². The molecule has 0 aliphatic heterocycles. The zero-order valence-corrected chi connectivity index (χ0v) is 14.3. The van der Waals surface area contributed by atoms with Crippen molar-refractivity contribution in [1.29, 1.82) is 0 Å². The number of anilines is 1. The second kappa shape index (κ2) is 7.19. The van der Waals surface area contributed by atoms with Gasteiger partial charge in [-0.3, -0.25) is 15.1 Å². The van der Waals surface area contributed by atoms with Gasteiger partial charge in [0.05, 0.1) is 5.69 Å². The molecule has 0 unspecified atom stereocenters. The summed E-state index contributed by atoms with van der Waals surface area (Å²) in [6, 6.07) is 9.92. The van der Waals surface area contributed by atoms with E-state index >= 15 is 0 Å². The van der Waals surface area contributed by atoms with Crippen LogP contribution in [-0.2, 0) is 4.79 Å². The summed E-state index contributed by atoms with van der Waals surface area (Å²) >= 11 is 1.42. The first-order valence-electron chi connectivity index (χ1n) is 7.54. The first kappa shape index (κ1) is 16.1. The van der Waals surface area contributed by atoms with Crippen molar-refractivity contribution in [3.05, 3.63) is 70.9 Å². The molecule has 0 aliphatic rings. The van der Waals surface area contributed by atoms with Crippen LogP contribution in [0.2, 0.25) is 0 Å². The molecule has 0 atom stereocenters. The Morgan fingerprint density at radius 3 is 2.67 bits per heavy atom. The minimum absolute atomic E-state index is 0.201. The van der Waals surface area contributed by atoms with Gasteiger partial charge >= 0.3 is 0 Å². The number of aryl methyl sites for hydroxylation is 2. The van der Waals surface area contributed by atoms with Crippen LogP contribution in [0.25, 0.3) is 17.3 Å². The molecule has 0 saturated carbocycles. The molecule has 3 aromatic rings. The lowest BCUT2D eigenvalue weighted by atomic mass is 10.1. The van der Waals surface area contributed by atoms with E-state index in [0.29, 0.717) is 5.13 Å². The Bertz CT molecular complexity index is 885. The van der Waals surface area contributed by atoms with Gasteiger partial charge in [-0.05, 0) is 54.8 Å². The molecule has 0 radical (unpaired) electrons. The van der Waals surface area contributed by atoms with Crippen LogP contribution in [0, 0.1) is 13.8 Å². The van der Waals surface area contributed by atoms with Gasteiger partial charge in [0.15, 0.2) is 5.13 Å². The highest BCUT2D eigenvalue weighted by atomic mass is 32.1. The predicted molar refractivity (Wildman–Crippen MR) is 98.9 cm³/mol. The van der Waals surface area contributed by atoms with E-state index in [-0.39, 0.29) is 5.91 Å². The summed E-state index contributed by atoms with van der Waals surface area (Å²) < 4.78 is 0. The minimum atomic E-state index is -0.201. The molecule has 5 heteroatoms. The smallest absolute Gasteiger partial charge is 0.250 e. The lowest BCUT2D eigenvalue weighted by molar-refractivity contribution is -0.111. The van der Waals surface area contributed by atoms with Crippen LogP contribution in [0.3, 0.4) is 0 Å². The number of carbonyl (C=O) groups is 1. The topological polar surface area (TPSA) is 54.9 Å². The molecular formula is C19H17N3OS.